The maximum Gasteiger partial charge on any atom is 0.239 e. The van der Waals surface area contributed by atoms with Crippen LogP contribution in [-0.2, 0) is 11.8 Å². The molecule has 1 aliphatic heterocycles. The molecule has 0 aromatic carbocycles. The summed E-state index contributed by atoms with van der Waals surface area (Å²) in [7, 11) is 3.68. The molecule has 7 nitrogen and oxygen atoms in total. The van der Waals surface area contributed by atoms with Gasteiger partial charge in [-0.25, -0.2) is 0 Å². The largest absolute Gasteiger partial charge is 0.352 e. The number of rotatable bonds is 4. The molecule has 0 spiro atoms. The molecule has 130 valence electrons. The summed E-state index contributed by atoms with van der Waals surface area (Å²) in [6, 6.07) is 0.151. The van der Waals surface area contributed by atoms with E-state index in [2.05, 4.69) is 31.8 Å². The van der Waals surface area contributed by atoms with Gasteiger partial charge in [-0.2, -0.15) is 5.10 Å². The van der Waals surface area contributed by atoms with Crippen molar-refractivity contribution in [2.75, 3.05) is 26.7 Å². The van der Waals surface area contributed by atoms with Crippen LogP contribution in [0, 0.1) is 0 Å². The molecule has 23 heavy (non-hydrogen) atoms. The molecule has 1 atom stereocenters. The molecule has 2 heterocycles. The van der Waals surface area contributed by atoms with Gasteiger partial charge in [-0.05, 0) is 25.8 Å². The fraction of sp³-hybridized carbons (Fsp3) is 0.667. The van der Waals surface area contributed by atoms with Crippen molar-refractivity contribution in [1.82, 2.24) is 25.3 Å². The van der Waals surface area contributed by atoms with Gasteiger partial charge in [0.05, 0.1) is 12.7 Å². The number of halogens is 1. The Labute approximate surface area is 154 Å². The van der Waals surface area contributed by atoms with Gasteiger partial charge < -0.3 is 15.5 Å². The van der Waals surface area contributed by atoms with Gasteiger partial charge >= 0.3 is 0 Å². The molecule has 0 radical (unpaired) electrons. The number of aryl methyl sites for hydroxylation is 1. The van der Waals surface area contributed by atoms with Crippen LogP contribution in [0.5, 0.6) is 0 Å². The molecule has 1 unspecified atom stereocenters. The second-order valence-electron chi connectivity index (χ2n) is 6.00. The third kappa shape index (κ3) is 5.67. The van der Waals surface area contributed by atoms with Crippen LogP contribution in [-0.4, -0.2) is 59.3 Å². The topological polar surface area (TPSA) is 74.6 Å². The van der Waals surface area contributed by atoms with E-state index in [9.17, 15) is 4.79 Å². The molecule has 1 amide bonds. The summed E-state index contributed by atoms with van der Waals surface area (Å²) < 4.78 is 1.83. The molecule has 8 heteroatoms. The zero-order valence-electron chi connectivity index (χ0n) is 14.2. The zero-order valence-corrected chi connectivity index (χ0v) is 16.6. The highest BCUT2D eigenvalue weighted by Crippen LogP contribution is 2.26. The maximum atomic E-state index is 11.7. The van der Waals surface area contributed by atoms with Crippen molar-refractivity contribution in [3.05, 3.63) is 18.0 Å². The molecule has 2 rings (SSSR count). The van der Waals surface area contributed by atoms with Crippen molar-refractivity contribution < 1.29 is 4.79 Å². The molecular weight excluding hydrogens is 407 g/mol. The summed E-state index contributed by atoms with van der Waals surface area (Å²) in [5.74, 6) is 1.24. The summed E-state index contributed by atoms with van der Waals surface area (Å²) >= 11 is 0. The van der Waals surface area contributed by atoms with Crippen LogP contribution in [0.1, 0.15) is 31.7 Å². The van der Waals surface area contributed by atoms with Gasteiger partial charge in [-0.15, -0.1) is 24.0 Å². The van der Waals surface area contributed by atoms with Gasteiger partial charge in [0.1, 0.15) is 0 Å². The molecule has 0 aliphatic carbocycles. The minimum Gasteiger partial charge on any atom is -0.352 e. The van der Waals surface area contributed by atoms with Gasteiger partial charge in [0.25, 0.3) is 0 Å². The average Bonchev–Trinajstić information content (AvgIpc) is 3.07. The van der Waals surface area contributed by atoms with Crippen LogP contribution in [0.25, 0.3) is 0 Å². The highest BCUT2D eigenvalue weighted by Gasteiger charge is 2.27. The van der Waals surface area contributed by atoms with E-state index in [-0.39, 0.29) is 42.5 Å². The minimum atomic E-state index is -0.0147. The van der Waals surface area contributed by atoms with Crippen molar-refractivity contribution in [2.45, 2.75) is 32.2 Å². The molecular formula is C15H27IN6O. The Bertz CT molecular complexity index is 542. The van der Waals surface area contributed by atoms with Crippen LogP contribution in [0.4, 0.5) is 0 Å². The lowest BCUT2D eigenvalue weighted by Crippen LogP contribution is -2.45. The molecule has 1 saturated heterocycles. The van der Waals surface area contributed by atoms with E-state index in [4.69, 9.17) is 0 Å². The lowest BCUT2D eigenvalue weighted by molar-refractivity contribution is -0.120. The first kappa shape index (κ1) is 19.7. The smallest absolute Gasteiger partial charge is 0.239 e. The molecule has 1 aliphatic rings. The summed E-state index contributed by atoms with van der Waals surface area (Å²) in [4.78, 5) is 18.2. The predicted molar refractivity (Wildman–Crippen MR) is 102 cm³/mol. The monoisotopic (exact) mass is 434 g/mol. The number of likely N-dealkylation sites (tertiary alicyclic amines) is 1. The Balaban J connectivity index is 0.00000264. The number of guanidine groups is 1. The molecule has 2 N–H and O–H groups in total. The van der Waals surface area contributed by atoms with Gasteiger partial charge in [0.2, 0.25) is 5.91 Å². The van der Waals surface area contributed by atoms with Gasteiger partial charge in [-0.3, -0.25) is 14.5 Å². The Morgan fingerprint density at radius 2 is 2.26 bits per heavy atom. The highest BCUT2D eigenvalue weighted by molar-refractivity contribution is 14.0. The molecule has 1 fully saturated rings. The van der Waals surface area contributed by atoms with E-state index in [1.807, 2.05) is 31.8 Å². The van der Waals surface area contributed by atoms with E-state index in [0.717, 1.165) is 25.5 Å². The third-order valence-corrected chi connectivity index (χ3v) is 3.75. The summed E-state index contributed by atoms with van der Waals surface area (Å²) in [5.41, 5.74) is 1.26. The van der Waals surface area contributed by atoms with E-state index >= 15 is 0 Å². The van der Waals surface area contributed by atoms with Crippen LogP contribution < -0.4 is 10.6 Å². The Hall–Kier alpha value is -1.32. The number of aliphatic imine (C=N–C) groups is 1. The fourth-order valence-corrected chi connectivity index (χ4v) is 2.74. The van der Waals surface area contributed by atoms with E-state index in [1.165, 1.54) is 5.56 Å². The zero-order chi connectivity index (χ0) is 16.1. The first-order valence-corrected chi connectivity index (χ1v) is 7.73. The van der Waals surface area contributed by atoms with Crippen LogP contribution in [0.2, 0.25) is 0 Å². The number of aromatic nitrogens is 2. The van der Waals surface area contributed by atoms with Gasteiger partial charge in [0, 0.05) is 45.3 Å². The van der Waals surface area contributed by atoms with E-state index in [1.54, 1.807) is 7.05 Å². The summed E-state index contributed by atoms with van der Waals surface area (Å²) in [6.07, 6.45) is 5.07. The third-order valence-electron chi connectivity index (χ3n) is 3.75. The fourth-order valence-electron chi connectivity index (χ4n) is 2.74. The van der Waals surface area contributed by atoms with Gasteiger partial charge in [-0.1, -0.05) is 0 Å². The van der Waals surface area contributed by atoms with Crippen LogP contribution in [0.15, 0.2) is 17.4 Å². The second-order valence-corrected chi connectivity index (χ2v) is 6.00. The van der Waals surface area contributed by atoms with Gasteiger partial charge in [0.15, 0.2) is 5.96 Å². The first-order chi connectivity index (χ1) is 10.5. The van der Waals surface area contributed by atoms with Crippen molar-refractivity contribution >= 4 is 35.8 Å². The highest BCUT2D eigenvalue weighted by atomic mass is 127. The molecule has 1 aromatic rings. The normalized spacial score (nSPS) is 18.0. The number of carbonyl (C=O) groups is 1. The lowest BCUT2D eigenvalue weighted by Gasteiger charge is -2.21. The molecule has 0 bridgehead atoms. The standard InChI is InChI=1S/C15H26N6O.HI/c1-11(2)19-14(22)8-17-15(16-3)21-6-5-12(10-21)13-7-18-20(4)9-13;/h7,9,11-12H,5-6,8,10H2,1-4H3,(H,16,17)(H,19,22);1H. The van der Waals surface area contributed by atoms with Crippen LogP contribution in [0.3, 0.4) is 0 Å². The van der Waals surface area contributed by atoms with Crippen LogP contribution >= 0.6 is 24.0 Å². The first-order valence-electron chi connectivity index (χ1n) is 7.73. The maximum absolute atomic E-state index is 11.7. The van der Waals surface area contributed by atoms with Crippen molar-refractivity contribution in [1.29, 1.82) is 0 Å². The SMILES string of the molecule is CN=C(NCC(=O)NC(C)C)N1CCC(c2cnn(C)c2)C1.I. The van der Waals surface area contributed by atoms with Crippen molar-refractivity contribution in [3.63, 3.8) is 0 Å². The number of carbonyl (C=O) groups excluding carboxylic acids is 1. The number of hydrogen-bond acceptors (Lipinski definition) is 3. The van der Waals surface area contributed by atoms with Crippen molar-refractivity contribution in [2.24, 2.45) is 12.0 Å². The summed E-state index contributed by atoms with van der Waals surface area (Å²) in [6.45, 7) is 5.98. The molecule has 0 saturated carbocycles. The number of nitrogens with zero attached hydrogens (tertiary/aromatic N) is 4. The minimum absolute atomic E-state index is 0. The predicted octanol–water partition coefficient (Wildman–Crippen LogP) is 0.927. The van der Waals surface area contributed by atoms with E-state index < -0.39 is 0 Å². The Morgan fingerprint density at radius 1 is 1.52 bits per heavy atom. The molecule has 1 aromatic heterocycles. The number of nitrogens with one attached hydrogen (secondary N) is 2. The van der Waals surface area contributed by atoms with E-state index in [0.29, 0.717) is 5.92 Å². The number of hydrogen-bond donors (Lipinski definition) is 2. The number of amides is 1. The Kier molecular flexibility index (Phi) is 7.80. The second kappa shape index (κ2) is 9.09. The Morgan fingerprint density at radius 3 is 2.83 bits per heavy atom. The summed E-state index contributed by atoms with van der Waals surface area (Å²) in [5, 5.41) is 10.2. The quantitative estimate of drug-likeness (QED) is 0.420. The van der Waals surface area contributed by atoms with Crippen molar-refractivity contribution in [3.8, 4) is 0 Å². The average molecular weight is 434 g/mol. The lowest BCUT2D eigenvalue weighted by atomic mass is 10.0.